The Bertz CT molecular complexity index is 846. The van der Waals surface area contributed by atoms with Crippen LogP contribution in [0.1, 0.15) is 6.42 Å². The van der Waals surface area contributed by atoms with Gasteiger partial charge in [-0.3, -0.25) is 9.59 Å². The lowest BCUT2D eigenvalue weighted by Crippen LogP contribution is -2.21. The SMILES string of the molecule is COc1cc(NC(=O)CC(=O)Nc2ccc(F)c(F)c2)c(OC)cc1Cl. The summed E-state index contributed by atoms with van der Waals surface area (Å²) >= 11 is 5.98. The average Bonchev–Trinajstić information content (AvgIpc) is 2.59. The zero-order chi connectivity index (χ0) is 19.3. The lowest BCUT2D eigenvalue weighted by Gasteiger charge is -2.13. The topological polar surface area (TPSA) is 76.7 Å². The van der Waals surface area contributed by atoms with E-state index in [2.05, 4.69) is 10.6 Å². The molecule has 0 aliphatic heterocycles. The Morgan fingerprint density at radius 2 is 1.62 bits per heavy atom. The molecule has 0 bridgehead atoms. The largest absolute Gasteiger partial charge is 0.495 e. The Labute approximate surface area is 153 Å². The fourth-order valence-corrected chi connectivity index (χ4v) is 2.31. The highest BCUT2D eigenvalue weighted by Crippen LogP contribution is 2.35. The number of hydrogen-bond donors (Lipinski definition) is 2. The van der Waals surface area contributed by atoms with Crippen LogP contribution in [-0.4, -0.2) is 26.0 Å². The van der Waals surface area contributed by atoms with Gasteiger partial charge >= 0.3 is 0 Å². The maximum absolute atomic E-state index is 13.1. The van der Waals surface area contributed by atoms with Crippen molar-refractivity contribution in [1.82, 2.24) is 0 Å². The van der Waals surface area contributed by atoms with Crippen LogP contribution in [0.15, 0.2) is 30.3 Å². The highest BCUT2D eigenvalue weighted by Gasteiger charge is 2.15. The van der Waals surface area contributed by atoms with Gasteiger partial charge in [0.2, 0.25) is 11.8 Å². The fourth-order valence-electron chi connectivity index (χ4n) is 2.08. The molecule has 2 aromatic rings. The van der Waals surface area contributed by atoms with Crippen molar-refractivity contribution in [3.63, 3.8) is 0 Å². The van der Waals surface area contributed by atoms with Gasteiger partial charge in [-0.2, -0.15) is 0 Å². The molecular weight excluding hydrogens is 370 g/mol. The van der Waals surface area contributed by atoms with Crippen LogP contribution in [0, 0.1) is 11.6 Å². The summed E-state index contributed by atoms with van der Waals surface area (Å²) in [7, 11) is 2.80. The molecular formula is C17H15ClF2N2O4. The molecule has 0 fully saturated rings. The standard InChI is InChI=1S/C17H15ClF2N2O4/c1-25-14-7-13(15(26-2)6-10(14)18)22-17(24)8-16(23)21-9-3-4-11(19)12(20)5-9/h3-7H,8H2,1-2H3,(H,21,23)(H,22,24). The van der Waals surface area contributed by atoms with E-state index in [0.29, 0.717) is 10.8 Å². The lowest BCUT2D eigenvalue weighted by atomic mass is 10.2. The van der Waals surface area contributed by atoms with E-state index in [1.807, 2.05) is 0 Å². The number of benzene rings is 2. The Hall–Kier alpha value is -2.87. The van der Waals surface area contributed by atoms with Crippen molar-refractivity contribution in [3.05, 3.63) is 47.0 Å². The number of nitrogens with one attached hydrogen (secondary N) is 2. The first-order valence-corrected chi connectivity index (χ1v) is 7.68. The second-order valence-corrected chi connectivity index (χ2v) is 5.50. The van der Waals surface area contributed by atoms with Gasteiger partial charge in [0, 0.05) is 23.9 Å². The minimum Gasteiger partial charge on any atom is -0.495 e. The molecule has 6 nitrogen and oxygen atoms in total. The van der Waals surface area contributed by atoms with Crippen molar-refractivity contribution in [2.75, 3.05) is 24.9 Å². The van der Waals surface area contributed by atoms with Crippen molar-refractivity contribution in [3.8, 4) is 11.5 Å². The Balaban J connectivity index is 2.03. The molecule has 0 radical (unpaired) electrons. The number of carbonyl (C=O) groups is 2. The number of hydrogen-bond acceptors (Lipinski definition) is 4. The third kappa shape index (κ3) is 4.82. The van der Waals surface area contributed by atoms with Gasteiger partial charge in [0.1, 0.15) is 17.9 Å². The Morgan fingerprint density at radius 3 is 2.23 bits per heavy atom. The molecule has 2 aromatic carbocycles. The summed E-state index contributed by atoms with van der Waals surface area (Å²) in [5.41, 5.74) is 0.298. The first-order valence-electron chi connectivity index (χ1n) is 7.30. The van der Waals surface area contributed by atoms with Crippen molar-refractivity contribution in [2.45, 2.75) is 6.42 Å². The minimum absolute atomic E-state index is 0.0347. The van der Waals surface area contributed by atoms with Gasteiger partial charge in [0.05, 0.1) is 24.9 Å². The van der Waals surface area contributed by atoms with Crippen LogP contribution in [0.5, 0.6) is 11.5 Å². The summed E-state index contributed by atoms with van der Waals surface area (Å²) in [6.45, 7) is 0. The van der Waals surface area contributed by atoms with Crippen molar-refractivity contribution in [2.24, 2.45) is 0 Å². The molecule has 0 aromatic heterocycles. The van der Waals surface area contributed by atoms with Crippen LogP contribution < -0.4 is 20.1 Å². The summed E-state index contributed by atoms with van der Waals surface area (Å²) in [6, 6.07) is 5.78. The van der Waals surface area contributed by atoms with Crippen molar-refractivity contribution in [1.29, 1.82) is 0 Å². The lowest BCUT2D eigenvalue weighted by molar-refractivity contribution is -0.123. The Morgan fingerprint density at radius 1 is 0.962 bits per heavy atom. The number of amides is 2. The maximum Gasteiger partial charge on any atom is 0.233 e. The smallest absolute Gasteiger partial charge is 0.233 e. The summed E-state index contributed by atoms with van der Waals surface area (Å²) in [5, 5.41) is 5.10. The fraction of sp³-hybridized carbons (Fsp3) is 0.176. The van der Waals surface area contributed by atoms with E-state index in [-0.39, 0.29) is 17.1 Å². The van der Waals surface area contributed by atoms with Crippen molar-refractivity contribution >= 4 is 34.8 Å². The van der Waals surface area contributed by atoms with Gasteiger partial charge in [-0.1, -0.05) is 11.6 Å². The predicted molar refractivity (Wildman–Crippen MR) is 92.8 cm³/mol. The van der Waals surface area contributed by atoms with Crippen LogP contribution in [0.25, 0.3) is 0 Å². The third-order valence-corrected chi connectivity index (χ3v) is 3.57. The zero-order valence-electron chi connectivity index (χ0n) is 13.9. The summed E-state index contributed by atoms with van der Waals surface area (Å²) in [6.07, 6.45) is -0.549. The number of rotatable bonds is 6. The van der Waals surface area contributed by atoms with Gasteiger partial charge < -0.3 is 20.1 Å². The van der Waals surface area contributed by atoms with Crippen LogP contribution in [0.4, 0.5) is 20.2 Å². The number of carbonyl (C=O) groups excluding carboxylic acids is 2. The van der Waals surface area contributed by atoms with E-state index < -0.39 is 29.9 Å². The van der Waals surface area contributed by atoms with E-state index in [1.165, 1.54) is 32.4 Å². The van der Waals surface area contributed by atoms with E-state index in [9.17, 15) is 18.4 Å². The number of ether oxygens (including phenoxy) is 2. The third-order valence-electron chi connectivity index (χ3n) is 3.27. The summed E-state index contributed by atoms with van der Waals surface area (Å²) in [4.78, 5) is 23.9. The molecule has 0 spiro atoms. The molecule has 2 rings (SSSR count). The summed E-state index contributed by atoms with van der Waals surface area (Å²) < 4.78 is 36.2. The highest BCUT2D eigenvalue weighted by atomic mass is 35.5. The summed E-state index contributed by atoms with van der Waals surface area (Å²) in [5.74, 6) is -2.89. The van der Waals surface area contributed by atoms with E-state index in [1.54, 1.807) is 0 Å². The van der Waals surface area contributed by atoms with Gasteiger partial charge in [0.25, 0.3) is 0 Å². The van der Waals surface area contributed by atoms with Crippen LogP contribution in [-0.2, 0) is 9.59 Å². The molecule has 0 unspecified atom stereocenters. The second-order valence-electron chi connectivity index (χ2n) is 5.09. The molecule has 0 saturated heterocycles. The molecule has 0 atom stereocenters. The Kier molecular flexibility index (Phi) is 6.35. The molecule has 138 valence electrons. The van der Waals surface area contributed by atoms with Crippen LogP contribution in [0.2, 0.25) is 5.02 Å². The van der Waals surface area contributed by atoms with Gasteiger partial charge in [-0.25, -0.2) is 8.78 Å². The molecule has 2 amide bonds. The van der Waals surface area contributed by atoms with Crippen molar-refractivity contribution < 1.29 is 27.8 Å². The van der Waals surface area contributed by atoms with Gasteiger partial charge in [-0.05, 0) is 12.1 Å². The monoisotopic (exact) mass is 384 g/mol. The molecule has 0 saturated carbocycles. The number of methoxy groups -OCH3 is 2. The van der Waals surface area contributed by atoms with Crippen LogP contribution >= 0.6 is 11.6 Å². The molecule has 0 aliphatic carbocycles. The minimum atomic E-state index is -1.11. The van der Waals surface area contributed by atoms with E-state index >= 15 is 0 Å². The highest BCUT2D eigenvalue weighted by molar-refractivity contribution is 6.32. The maximum atomic E-state index is 13.1. The average molecular weight is 385 g/mol. The van der Waals surface area contributed by atoms with E-state index in [0.717, 1.165) is 12.1 Å². The van der Waals surface area contributed by atoms with Gasteiger partial charge in [-0.15, -0.1) is 0 Å². The normalized spacial score (nSPS) is 10.2. The first-order chi connectivity index (χ1) is 12.3. The van der Waals surface area contributed by atoms with E-state index in [4.69, 9.17) is 21.1 Å². The molecule has 26 heavy (non-hydrogen) atoms. The van der Waals surface area contributed by atoms with Crippen LogP contribution in [0.3, 0.4) is 0 Å². The molecule has 2 N–H and O–H groups in total. The van der Waals surface area contributed by atoms with Gasteiger partial charge in [0.15, 0.2) is 11.6 Å². The molecule has 0 aliphatic rings. The quantitative estimate of drug-likeness (QED) is 0.746. The number of anilines is 2. The number of halogens is 3. The molecule has 9 heteroatoms. The second kappa shape index (κ2) is 8.48. The predicted octanol–water partition coefficient (Wildman–Crippen LogP) is 3.60. The zero-order valence-corrected chi connectivity index (χ0v) is 14.6. The molecule has 0 heterocycles. The first kappa shape index (κ1) is 19.5.